The van der Waals surface area contributed by atoms with Crippen LogP contribution in [0.1, 0.15) is 16.7 Å². The number of hydrogen-bond acceptors (Lipinski definition) is 0. The molecule has 1 nitrogen and oxygen atoms in total. The Bertz CT molecular complexity index is 812. The molecular formula is C22H19N. The van der Waals surface area contributed by atoms with E-state index in [4.69, 9.17) is 6.57 Å². The molecule has 0 spiro atoms. The van der Waals surface area contributed by atoms with Crippen molar-refractivity contribution in [3.05, 3.63) is 88.8 Å². The fourth-order valence-electron chi connectivity index (χ4n) is 2.81. The highest BCUT2D eigenvalue weighted by Crippen LogP contribution is 2.40. The molecule has 112 valence electrons. The van der Waals surface area contributed by atoms with E-state index < -0.39 is 0 Å². The van der Waals surface area contributed by atoms with Crippen molar-refractivity contribution in [1.82, 2.24) is 0 Å². The fourth-order valence-corrected chi connectivity index (χ4v) is 2.81. The van der Waals surface area contributed by atoms with Crippen molar-refractivity contribution in [3.8, 4) is 22.3 Å². The molecule has 0 aromatic heterocycles. The lowest BCUT2D eigenvalue weighted by atomic mass is 9.93. The molecule has 0 N–H and O–H groups in total. The summed E-state index contributed by atoms with van der Waals surface area (Å²) in [4.78, 5) is 3.86. The molecule has 0 bridgehead atoms. The van der Waals surface area contributed by atoms with E-state index in [1.54, 1.807) is 0 Å². The van der Waals surface area contributed by atoms with E-state index >= 15 is 0 Å². The van der Waals surface area contributed by atoms with Gasteiger partial charge in [-0.15, -0.1) is 0 Å². The average molecular weight is 297 g/mol. The number of benzene rings is 3. The molecule has 0 aliphatic heterocycles. The molecule has 0 aliphatic rings. The van der Waals surface area contributed by atoms with Gasteiger partial charge >= 0.3 is 0 Å². The Morgan fingerprint density at radius 2 is 1.00 bits per heavy atom. The molecule has 0 amide bonds. The maximum Gasteiger partial charge on any atom is 0.202 e. The van der Waals surface area contributed by atoms with Crippen LogP contribution in [0.2, 0.25) is 0 Å². The summed E-state index contributed by atoms with van der Waals surface area (Å²) in [6.45, 7) is 13.9. The van der Waals surface area contributed by atoms with Crippen molar-refractivity contribution in [1.29, 1.82) is 0 Å². The summed E-state index contributed by atoms with van der Waals surface area (Å²) in [7, 11) is 0. The molecule has 0 atom stereocenters. The Labute approximate surface area is 138 Å². The van der Waals surface area contributed by atoms with E-state index in [0.29, 0.717) is 0 Å². The van der Waals surface area contributed by atoms with Crippen LogP contribution >= 0.6 is 0 Å². The molecule has 0 saturated carbocycles. The maximum atomic E-state index is 7.70. The van der Waals surface area contributed by atoms with E-state index in [1.165, 1.54) is 16.7 Å². The number of hydrogen-bond donors (Lipinski definition) is 0. The van der Waals surface area contributed by atoms with Crippen LogP contribution in [-0.2, 0) is 0 Å². The molecule has 3 aromatic rings. The molecule has 0 fully saturated rings. The Kier molecular flexibility index (Phi) is 4.00. The molecule has 3 rings (SSSR count). The summed E-state index contributed by atoms with van der Waals surface area (Å²) in [5, 5.41) is 0. The summed E-state index contributed by atoms with van der Waals surface area (Å²) in [5.74, 6) is 0. The molecule has 1 heteroatoms. The average Bonchev–Trinajstić information content (AvgIpc) is 2.55. The highest BCUT2D eigenvalue weighted by atomic mass is 14.7. The molecule has 0 heterocycles. The summed E-state index contributed by atoms with van der Waals surface area (Å²) < 4.78 is 0. The minimum Gasteiger partial charge on any atom is -0.237 e. The molecule has 23 heavy (non-hydrogen) atoms. The van der Waals surface area contributed by atoms with Crippen molar-refractivity contribution >= 4 is 5.69 Å². The third-order valence-electron chi connectivity index (χ3n) is 4.09. The quantitative estimate of drug-likeness (QED) is 0.476. The second-order valence-corrected chi connectivity index (χ2v) is 6.05. The Morgan fingerprint density at radius 3 is 1.35 bits per heavy atom. The van der Waals surface area contributed by atoms with Crippen molar-refractivity contribution in [2.24, 2.45) is 0 Å². The first-order valence-corrected chi connectivity index (χ1v) is 7.74. The molecule has 0 saturated heterocycles. The molecule has 0 radical (unpaired) electrons. The highest BCUT2D eigenvalue weighted by molar-refractivity contribution is 5.91. The number of aryl methyl sites for hydroxylation is 3. The second kappa shape index (κ2) is 6.10. The molecule has 3 aromatic carbocycles. The zero-order chi connectivity index (χ0) is 16.4. The van der Waals surface area contributed by atoms with Gasteiger partial charge < -0.3 is 0 Å². The Morgan fingerprint density at radius 1 is 0.609 bits per heavy atom. The van der Waals surface area contributed by atoms with Crippen LogP contribution in [0.4, 0.5) is 5.69 Å². The summed E-state index contributed by atoms with van der Waals surface area (Å²) in [6, 6.07) is 21.0. The van der Waals surface area contributed by atoms with Crippen LogP contribution in [0, 0.1) is 27.3 Å². The standard InChI is InChI=1S/C22H19N/c1-15-5-9-18(10-6-15)20-13-17(3)14-21(22(20)23-4)19-11-7-16(2)8-12-19/h5-14H,1-3H3. The highest BCUT2D eigenvalue weighted by Gasteiger charge is 2.13. The van der Waals surface area contributed by atoms with Crippen LogP contribution in [0.5, 0.6) is 0 Å². The van der Waals surface area contributed by atoms with E-state index in [-0.39, 0.29) is 0 Å². The van der Waals surface area contributed by atoms with Gasteiger partial charge in [-0.3, -0.25) is 0 Å². The number of nitrogens with zero attached hydrogens (tertiary/aromatic N) is 1. The largest absolute Gasteiger partial charge is 0.237 e. The van der Waals surface area contributed by atoms with Crippen LogP contribution in [-0.4, -0.2) is 0 Å². The molecule has 0 unspecified atom stereocenters. The van der Waals surface area contributed by atoms with Gasteiger partial charge in [-0.05, 0) is 43.0 Å². The van der Waals surface area contributed by atoms with Crippen molar-refractivity contribution in [2.75, 3.05) is 0 Å². The van der Waals surface area contributed by atoms with Gasteiger partial charge in [0.15, 0.2) is 0 Å². The summed E-state index contributed by atoms with van der Waals surface area (Å²) in [6.07, 6.45) is 0. The lowest BCUT2D eigenvalue weighted by Crippen LogP contribution is -1.87. The summed E-state index contributed by atoms with van der Waals surface area (Å²) >= 11 is 0. The predicted molar refractivity (Wildman–Crippen MR) is 97.8 cm³/mol. The minimum absolute atomic E-state index is 0.725. The third kappa shape index (κ3) is 3.03. The minimum atomic E-state index is 0.725. The smallest absolute Gasteiger partial charge is 0.202 e. The first-order chi connectivity index (χ1) is 11.1. The van der Waals surface area contributed by atoms with Gasteiger partial charge in [-0.25, -0.2) is 4.85 Å². The molecule has 0 aliphatic carbocycles. The first kappa shape index (κ1) is 15.1. The van der Waals surface area contributed by atoms with Gasteiger partial charge in [0.25, 0.3) is 0 Å². The monoisotopic (exact) mass is 297 g/mol. The predicted octanol–water partition coefficient (Wildman–Crippen LogP) is 6.50. The van der Waals surface area contributed by atoms with Crippen LogP contribution in [0.15, 0.2) is 60.7 Å². The van der Waals surface area contributed by atoms with Crippen LogP contribution < -0.4 is 0 Å². The number of rotatable bonds is 2. The second-order valence-electron chi connectivity index (χ2n) is 6.05. The Hall–Kier alpha value is -2.85. The van der Waals surface area contributed by atoms with Gasteiger partial charge in [0.2, 0.25) is 5.69 Å². The van der Waals surface area contributed by atoms with Crippen LogP contribution in [0.3, 0.4) is 0 Å². The lowest BCUT2D eigenvalue weighted by molar-refractivity contribution is 1.43. The maximum absolute atomic E-state index is 7.70. The van der Waals surface area contributed by atoms with Crippen molar-refractivity contribution in [2.45, 2.75) is 20.8 Å². The van der Waals surface area contributed by atoms with Gasteiger partial charge in [0.1, 0.15) is 0 Å². The lowest BCUT2D eigenvalue weighted by Gasteiger charge is -2.13. The topological polar surface area (TPSA) is 4.36 Å². The van der Waals surface area contributed by atoms with Crippen LogP contribution in [0.25, 0.3) is 27.1 Å². The molecular weight excluding hydrogens is 278 g/mol. The van der Waals surface area contributed by atoms with E-state index in [0.717, 1.165) is 27.9 Å². The zero-order valence-corrected chi connectivity index (χ0v) is 13.7. The fraction of sp³-hybridized carbons (Fsp3) is 0.136. The van der Waals surface area contributed by atoms with Crippen molar-refractivity contribution in [3.63, 3.8) is 0 Å². The normalized spacial score (nSPS) is 10.3. The SMILES string of the molecule is [C-]#[N+]c1c(-c2ccc(C)cc2)cc(C)cc1-c1ccc(C)cc1. The van der Waals surface area contributed by atoms with Gasteiger partial charge in [-0.2, -0.15) is 0 Å². The van der Waals surface area contributed by atoms with Crippen molar-refractivity contribution < 1.29 is 0 Å². The van der Waals surface area contributed by atoms with E-state index in [1.807, 2.05) is 0 Å². The Balaban J connectivity index is 2.24. The third-order valence-corrected chi connectivity index (χ3v) is 4.09. The van der Waals surface area contributed by atoms with E-state index in [9.17, 15) is 0 Å². The zero-order valence-electron chi connectivity index (χ0n) is 13.7. The summed E-state index contributed by atoms with van der Waals surface area (Å²) in [5.41, 5.74) is 8.56. The van der Waals surface area contributed by atoms with E-state index in [2.05, 4.69) is 86.3 Å². The van der Waals surface area contributed by atoms with Gasteiger partial charge in [0, 0.05) is 0 Å². The van der Waals surface area contributed by atoms with Gasteiger partial charge in [0.05, 0.1) is 6.57 Å². The first-order valence-electron chi connectivity index (χ1n) is 7.74. The van der Waals surface area contributed by atoms with Gasteiger partial charge in [-0.1, -0.05) is 77.4 Å².